The lowest BCUT2D eigenvalue weighted by Crippen LogP contribution is -2.49. The minimum absolute atomic E-state index is 0.148. The Morgan fingerprint density at radius 2 is 1.97 bits per heavy atom. The van der Waals surface area contributed by atoms with Gasteiger partial charge in [-0.2, -0.15) is 0 Å². The Morgan fingerprint density at radius 3 is 2.61 bits per heavy atom. The molecule has 2 aromatic rings. The average molecular weight is 444 g/mol. The molecule has 2 N–H and O–H groups in total. The van der Waals surface area contributed by atoms with Gasteiger partial charge in [-0.05, 0) is 39.0 Å². The number of carbonyl (C=O) groups is 1. The first-order chi connectivity index (χ1) is 15.0. The van der Waals surface area contributed by atoms with Crippen molar-refractivity contribution in [2.24, 2.45) is 4.99 Å². The number of guanidine groups is 1. The van der Waals surface area contributed by atoms with Crippen LogP contribution >= 0.6 is 11.3 Å². The third-order valence-electron chi connectivity index (χ3n) is 5.09. The summed E-state index contributed by atoms with van der Waals surface area (Å²) in [4.78, 5) is 32.5. The first-order valence-corrected chi connectivity index (χ1v) is 11.8. The molecular formula is C22H33N7OS. The van der Waals surface area contributed by atoms with E-state index in [2.05, 4.69) is 56.5 Å². The van der Waals surface area contributed by atoms with E-state index >= 15 is 0 Å². The number of aryl methyl sites for hydroxylation is 1. The fourth-order valence-corrected chi connectivity index (χ4v) is 4.55. The SMILES string of the molecule is CCNC(=NCCC(=O)N1CCN(c2ncccn2)CC1)NC(C)Cc1ccc(C)s1. The highest BCUT2D eigenvalue weighted by Gasteiger charge is 2.22. The van der Waals surface area contributed by atoms with Gasteiger partial charge in [0.2, 0.25) is 11.9 Å². The van der Waals surface area contributed by atoms with E-state index in [1.165, 1.54) is 9.75 Å². The van der Waals surface area contributed by atoms with Gasteiger partial charge in [0.25, 0.3) is 0 Å². The van der Waals surface area contributed by atoms with Gasteiger partial charge in [-0.25, -0.2) is 9.97 Å². The van der Waals surface area contributed by atoms with Crippen LogP contribution in [0.2, 0.25) is 0 Å². The van der Waals surface area contributed by atoms with Crippen molar-refractivity contribution < 1.29 is 4.79 Å². The zero-order valence-electron chi connectivity index (χ0n) is 18.7. The maximum absolute atomic E-state index is 12.6. The van der Waals surface area contributed by atoms with Crippen LogP contribution in [0.1, 0.15) is 30.0 Å². The van der Waals surface area contributed by atoms with Crippen LogP contribution in [0.4, 0.5) is 5.95 Å². The maximum atomic E-state index is 12.6. The Balaban J connectivity index is 1.43. The molecule has 0 aromatic carbocycles. The number of thiophene rings is 1. The highest BCUT2D eigenvalue weighted by Crippen LogP contribution is 2.16. The van der Waals surface area contributed by atoms with Crippen LogP contribution in [-0.4, -0.2) is 72.0 Å². The number of amides is 1. The summed E-state index contributed by atoms with van der Waals surface area (Å²) in [5.41, 5.74) is 0. The van der Waals surface area contributed by atoms with Crippen molar-refractivity contribution in [3.8, 4) is 0 Å². The van der Waals surface area contributed by atoms with Gasteiger partial charge in [0.05, 0.1) is 6.54 Å². The third-order valence-corrected chi connectivity index (χ3v) is 6.12. The molecule has 9 heteroatoms. The van der Waals surface area contributed by atoms with Crippen LogP contribution in [0.25, 0.3) is 0 Å². The predicted molar refractivity (Wildman–Crippen MR) is 127 cm³/mol. The summed E-state index contributed by atoms with van der Waals surface area (Å²) in [7, 11) is 0. The highest BCUT2D eigenvalue weighted by molar-refractivity contribution is 7.11. The second kappa shape index (κ2) is 11.6. The summed E-state index contributed by atoms with van der Waals surface area (Å²) in [6, 6.07) is 6.42. The van der Waals surface area contributed by atoms with Gasteiger partial charge in [0, 0.05) is 73.8 Å². The number of hydrogen-bond acceptors (Lipinski definition) is 6. The van der Waals surface area contributed by atoms with Crippen molar-refractivity contribution >= 4 is 29.2 Å². The minimum atomic E-state index is 0.148. The van der Waals surface area contributed by atoms with Crippen molar-refractivity contribution in [2.45, 2.75) is 39.7 Å². The second-order valence-corrected chi connectivity index (χ2v) is 9.06. The van der Waals surface area contributed by atoms with Crippen molar-refractivity contribution in [2.75, 3.05) is 44.2 Å². The van der Waals surface area contributed by atoms with E-state index in [9.17, 15) is 4.79 Å². The monoisotopic (exact) mass is 443 g/mol. The Morgan fingerprint density at radius 1 is 1.23 bits per heavy atom. The molecule has 1 unspecified atom stereocenters. The Bertz CT molecular complexity index is 847. The lowest BCUT2D eigenvalue weighted by molar-refractivity contribution is -0.131. The van der Waals surface area contributed by atoms with Crippen molar-refractivity contribution in [1.29, 1.82) is 0 Å². The molecule has 31 heavy (non-hydrogen) atoms. The number of hydrogen-bond donors (Lipinski definition) is 2. The number of nitrogens with zero attached hydrogens (tertiary/aromatic N) is 5. The largest absolute Gasteiger partial charge is 0.357 e. The standard InChI is InChI=1S/C22H33N7OS/c1-4-23-21(27-17(2)16-19-7-6-18(3)31-19)24-11-8-20(30)28-12-14-29(15-13-28)22-25-9-5-10-26-22/h5-7,9-10,17H,4,8,11-16H2,1-3H3,(H2,23,24,27). The summed E-state index contributed by atoms with van der Waals surface area (Å²) in [6.45, 7) is 10.5. The van der Waals surface area contributed by atoms with Gasteiger partial charge in [0.15, 0.2) is 5.96 Å². The molecule has 8 nitrogen and oxygen atoms in total. The molecule has 1 aliphatic rings. The minimum Gasteiger partial charge on any atom is -0.357 e. The molecule has 0 spiro atoms. The molecular weight excluding hydrogens is 410 g/mol. The quantitative estimate of drug-likeness (QED) is 0.480. The van der Waals surface area contributed by atoms with Crippen LogP contribution in [0.5, 0.6) is 0 Å². The topological polar surface area (TPSA) is 85.8 Å². The molecule has 1 amide bonds. The summed E-state index contributed by atoms with van der Waals surface area (Å²) in [5.74, 6) is 1.64. The fraction of sp³-hybridized carbons (Fsp3) is 0.545. The molecule has 1 fully saturated rings. The molecule has 1 atom stereocenters. The normalized spacial score (nSPS) is 15.6. The summed E-state index contributed by atoms with van der Waals surface area (Å²) < 4.78 is 0. The van der Waals surface area contributed by atoms with Gasteiger partial charge in [-0.1, -0.05) is 0 Å². The van der Waals surface area contributed by atoms with Crippen LogP contribution < -0.4 is 15.5 Å². The molecule has 1 aliphatic heterocycles. The van der Waals surface area contributed by atoms with Gasteiger partial charge in [0.1, 0.15) is 0 Å². The maximum Gasteiger partial charge on any atom is 0.225 e. The summed E-state index contributed by atoms with van der Waals surface area (Å²) in [6.07, 6.45) is 4.86. The van der Waals surface area contributed by atoms with Gasteiger partial charge in [-0.3, -0.25) is 9.79 Å². The first-order valence-electron chi connectivity index (χ1n) is 10.9. The molecule has 0 saturated carbocycles. The molecule has 2 aromatic heterocycles. The lowest BCUT2D eigenvalue weighted by atomic mass is 10.2. The molecule has 3 heterocycles. The van der Waals surface area contributed by atoms with Crippen LogP contribution in [0.15, 0.2) is 35.6 Å². The molecule has 3 rings (SSSR count). The average Bonchev–Trinajstić information content (AvgIpc) is 3.18. The number of rotatable bonds is 8. The Labute approximate surface area is 188 Å². The smallest absolute Gasteiger partial charge is 0.225 e. The number of anilines is 1. The molecule has 0 radical (unpaired) electrons. The number of piperazine rings is 1. The van der Waals surface area contributed by atoms with E-state index in [1.54, 1.807) is 12.4 Å². The Hall–Kier alpha value is -2.68. The zero-order chi connectivity index (χ0) is 22.1. The predicted octanol–water partition coefficient (Wildman–Crippen LogP) is 2.07. The van der Waals surface area contributed by atoms with E-state index in [-0.39, 0.29) is 11.9 Å². The molecule has 0 aliphatic carbocycles. The number of aliphatic imine (C=N–C) groups is 1. The lowest BCUT2D eigenvalue weighted by Gasteiger charge is -2.34. The number of nitrogens with one attached hydrogen (secondary N) is 2. The van der Waals surface area contributed by atoms with E-state index in [1.807, 2.05) is 29.2 Å². The van der Waals surface area contributed by atoms with Gasteiger partial charge < -0.3 is 20.4 Å². The Kier molecular flexibility index (Phi) is 8.63. The van der Waals surface area contributed by atoms with Crippen molar-refractivity contribution in [3.63, 3.8) is 0 Å². The summed E-state index contributed by atoms with van der Waals surface area (Å²) in [5, 5.41) is 6.73. The zero-order valence-corrected chi connectivity index (χ0v) is 19.5. The van der Waals surface area contributed by atoms with Gasteiger partial charge in [-0.15, -0.1) is 11.3 Å². The van der Waals surface area contributed by atoms with Gasteiger partial charge >= 0.3 is 0 Å². The number of aromatic nitrogens is 2. The van der Waals surface area contributed by atoms with Crippen LogP contribution in [-0.2, 0) is 11.2 Å². The first kappa shape index (κ1) is 23.0. The van der Waals surface area contributed by atoms with Crippen molar-refractivity contribution in [3.05, 3.63) is 40.3 Å². The molecule has 1 saturated heterocycles. The number of carbonyl (C=O) groups excluding carboxylic acids is 1. The van der Waals surface area contributed by atoms with E-state index < -0.39 is 0 Å². The highest BCUT2D eigenvalue weighted by atomic mass is 32.1. The van der Waals surface area contributed by atoms with Crippen LogP contribution in [0.3, 0.4) is 0 Å². The summed E-state index contributed by atoms with van der Waals surface area (Å²) >= 11 is 1.83. The van der Waals surface area contributed by atoms with E-state index in [0.29, 0.717) is 26.1 Å². The molecule has 0 bridgehead atoms. The molecule has 168 valence electrons. The van der Waals surface area contributed by atoms with E-state index in [4.69, 9.17) is 0 Å². The second-order valence-electron chi connectivity index (χ2n) is 7.69. The van der Waals surface area contributed by atoms with Crippen molar-refractivity contribution in [1.82, 2.24) is 25.5 Å². The van der Waals surface area contributed by atoms with E-state index in [0.717, 1.165) is 38.0 Å². The van der Waals surface area contributed by atoms with Crippen LogP contribution in [0, 0.1) is 6.92 Å². The fourth-order valence-electron chi connectivity index (χ4n) is 3.53. The third kappa shape index (κ3) is 7.20.